The van der Waals surface area contributed by atoms with Crippen molar-refractivity contribution in [2.45, 2.75) is 12.8 Å². The summed E-state index contributed by atoms with van der Waals surface area (Å²) in [6.07, 6.45) is 5.52. The van der Waals surface area contributed by atoms with Crippen LogP contribution in [0.4, 0.5) is 0 Å². The lowest BCUT2D eigenvalue weighted by atomic mass is 9.88. The second-order valence-electron chi connectivity index (χ2n) is 6.90. The Morgan fingerprint density at radius 3 is 2.33 bits per heavy atom. The standard InChI is InChI=1S/C23H22BrNO2/c24-21-8-5-17(6-9-21)23(26)10-7-20-15-18-3-1-2-4-19(18)16-22(20)25-11-13-27-14-12-25/h1-10H,11-16H2/b10-7-. The van der Waals surface area contributed by atoms with E-state index in [0.717, 1.165) is 43.6 Å². The Hall–Kier alpha value is -2.17. The average Bonchev–Trinajstić information content (AvgIpc) is 2.72. The summed E-state index contributed by atoms with van der Waals surface area (Å²) in [5.41, 5.74) is 6.01. The number of ketones is 1. The lowest BCUT2D eigenvalue weighted by Crippen LogP contribution is -2.37. The Morgan fingerprint density at radius 2 is 1.63 bits per heavy atom. The molecule has 0 spiro atoms. The van der Waals surface area contributed by atoms with E-state index < -0.39 is 0 Å². The van der Waals surface area contributed by atoms with Gasteiger partial charge in [-0.15, -0.1) is 0 Å². The van der Waals surface area contributed by atoms with Gasteiger partial charge in [0.2, 0.25) is 0 Å². The number of hydrogen-bond donors (Lipinski definition) is 0. The zero-order valence-electron chi connectivity index (χ0n) is 15.2. The Morgan fingerprint density at radius 1 is 0.963 bits per heavy atom. The summed E-state index contributed by atoms with van der Waals surface area (Å²) in [5.74, 6) is 0.0372. The van der Waals surface area contributed by atoms with Crippen molar-refractivity contribution in [3.05, 3.63) is 93.1 Å². The molecule has 1 heterocycles. The van der Waals surface area contributed by atoms with Gasteiger partial charge < -0.3 is 9.64 Å². The number of carbonyl (C=O) groups excluding carboxylic acids is 1. The van der Waals surface area contributed by atoms with E-state index in [1.54, 1.807) is 6.08 Å². The molecule has 4 heteroatoms. The summed E-state index contributed by atoms with van der Waals surface area (Å²) in [7, 11) is 0. The second kappa shape index (κ2) is 8.24. The highest BCUT2D eigenvalue weighted by molar-refractivity contribution is 9.10. The molecule has 0 radical (unpaired) electrons. The molecule has 138 valence electrons. The van der Waals surface area contributed by atoms with Gasteiger partial charge in [-0.25, -0.2) is 0 Å². The number of ether oxygens (including phenoxy) is 1. The number of rotatable bonds is 4. The number of benzene rings is 2. The van der Waals surface area contributed by atoms with Crippen LogP contribution >= 0.6 is 15.9 Å². The number of fused-ring (bicyclic) bond motifs is 1. The molecule has 2 aliphatic rings. The molecule has 2 aromatic rings. The molecule has 1 fully saturated rings. The highest BCUT2D eigenvalue weighted by atomic mass is 79.9. The summed E-state index contributed by atoms with van der Waals surface area (Å²) in [4.78, 5) is 15.0. The van der Waals surface area contributed by atoms with E-state index >= 15 is 0 Å². The van der Waals surface area contributed by atoms with Gasteiger partial charge in [0.15, 0.2) is 5.78 Å². The molecule has 1 saturated heterocycles. The van der Waals surface area contributed by atoms with Gasteiger partial charge in [-0.2, -0.15) is 0 Å². The number of nitrogens with zero attached hydrogens (tertiary/aromatic N) is 1. The molecular weight excluding hydrogens is 402 g/mol. The quantitative estimate of drug-likeness (QED) is 0.532. The van der Waals surface area contributed by atoms with Gasteiger partial charge in [-0.05, 0) is 53.5 Å². The third kappa shape index (κ3) is 4.23. The summed E-state index contributed by atoms with van der Waals surface area (Å²) < 4.78 is 6.50. The third-order valence-electron chi connectivity index (χ3n) is 5.19. The molecule has 0 atom stereocenters. The number of carbonyl (C=O) groups is 1. The number of allylic oxidation sites excluding steroid dienone is 4. The Labute approximate surface area is 168 Å². The van der Waals surface area contributed by atoms with E-state index in [-0.39, 0.29) is 5.78 Å². The van der Waals surface area contributed by atoms with Crippen LogP contribution in [0.15, 0.2) is 76.4 Å². The molecule has 1 aliphatic heterocycles. The van der Waals surface area contributed by atoms with Gasteiger partial charge in [0.25, 0.3) is 0 Å². The molecule has 0 unspecified atom stereocenters. The van der Waals surface area contributed by atoms with E-state index in [0.29, 0.717) is 5.56 Å². The lowest BCUT2D eigenvalue weighted by molar-refractivity contribution is 0.0520. The topological polar surface area (TPSA) is 29.5 Å². The molecular formula is C23H22BrNO2. The van der Waals surface area contributed by atoms with E-state index in [4.69, 9.17) is 4.74 Å². The minimum atomic E-state index is 0.0372. The van der Waals surface area contributed by atoms with Crippen molar-refractivity contribution in [3.8, 4) is 0 Å². The first-order chi connectivity index (χ1) is 13.2. The fraction of sp³-hybridized carbons (Fsp3) is 0.261. The second-order valence-corrected chi connectivity index (χ2v) is 7.81. The van der Waals surface area contributed by atoms with Gasteiger partial charge in [-0.1, -0.05) is 46.3 Å². The molecule has 27 heavy (non-hydrogen) atoms. The first-order valence-electron chi connectivity index (χ1n) is 9.30. The average molecular weight is 424 g/mol. The Kier molecular flexibility index (Phi) is 5.55. The maximum atomic E-state index is 12.6. The van der Waals surface area contributed by atoms with Crippen LogP contribution in [0.3, 0.4) is 0 Å². The molecule has 4 rings (SSSR count). The minimum Gasteiger partial charge on any atom is -0.378 e. The van der Waals surface area contributed by atoms with Crippen LogP contribution < -0.4 is 0 Å². The molecule has 2 aromatic carbocycles. The van der Waals surface area contributed by atoms with Crippen LogP contribution in [0.5, 0.6) is 0 Å². The first-order valence-corrected chi connectivity index (χ1v) is 10.1. The third-order valence-corrected chi connectivity index (χ3v) is 5.71. The van der Waals surface area contributed by atoms with Crippen molar-refractivity contribution in [1.82, 2.24) is 4.90 Å². The van der Waals surface area contributed by atoms with Crippen LogP contribution in [0.25, 0.3) is 0 Å². The maximum Gasteiger partial charge on any atom is 0.185 e. The monoisotopic (exact) mass is 423 g/mol. The van der Waals surface area contributed by atoms with Crippen LogP contribution in [-0.2, 0) is 17.6 Å². The number of hydrogen-bond acceptors (Lipinski definition) is 3. The van der Waals surface area contributed by atoms with Crippen LogP contribution in [0.1, 0.15) is 21.5 Å². The normalized spacial score (nSPS) is 17.3. The predicted molar refractivity (Wildman–Crippen MR) is 111 cm³/mol. The van der Waals surface area contributed by atoms with E-state index in [9.17, 15) is 4.79 Å². The molecule has 1 aliphatic carbocycles. The van der Waals surface area contributed by atoms with Gasteiger partial charge >= 0.3 is 0 Å². The maximum absolute atomic E-state index is 12.6. The lowest BCUT2D eigenvalue weighted by Gasteiger charge is -2.35. The van der Waals surface area contributed by atoms with E-state index in [2.05, 4.69) is 45.1 Å². The summed E-state index contributed by atoms with van der Waals surface area (Å²) >= 11 is 3.41. The van der Waals surface area contributed by atoms with Crippen molar-refractivity contribution in [3.63, 3.8) is 0 Å². The van der Waals surface area contributed by atoms with Crippen molar-refractivity contribution >= 4 is 21.7 Å². The van der Waals surface area contributed by atoms with Crippen LogP contribution in [-0.4, -0.2) is 37.0 Å². The fourth-order valence-corrected chi connectivity index (χ4v) is 3.96. The first kappa shape index (κ1) is 18.2. The Bertz CT molecular complexity index is 893. The van der Waals surface area contributed by atoms with Gasteiger partial charge in [0, 0.05) is 35.2 Å². The summed E-state index contributed by atoms with van der Waals surface area (Å²) in [6.45, 7) is 3.35. The van der Waals surface area contributed by atoms with Gasteiger partial charge in [0.1, 0.15) is 0 Å². The molecule has 0 N–H and O–H groups in total. The summed E-state index contributed by atoms with van der Waals surface area (Å²) in [5, 5.41) is 0. The summed E-state index contributed by atoms with van der Waals surface area (Å²) in [6, 6.07) is 16.1. The molecule has 0 saturated carbocycles. The molecule has 3 nitrogen and oxygen atoms in total. The number of morpholine rings is 1. The van der Waals surface area contributed by atoms with Crippen LogP contribution in [0, 0.1) is 0 Å². The van der Waals surface area contributed by atoms with Crippen molar-refractivity contribution < 1.29 is 9.53 Å². The molecule has 0 aromatic heterocycles. The Balaban J connectivity index is 1.62. The number of halogens is 1. The highest BCUT2D eigenvalue weighted by Crippen LogP contribution is 2.29. The SMILES string of the molecule is O=C(/C=C\C1=C(N2CCOCC2)Cc2ccccc2C1)c1ccc(Br)cc1. The smallest absolute Gasteiger partial charge is 0.185 e. The van der Waals surface area contributed by atoms with E-state index in [1.807, 2.05) is 30.3 Å². The van der Waals surface area contributed by atoms with Crippen molar-refractivity contribution in [2.75, 3.05) is 26.3 Å². The molecule has 0 bridgehead atoms. The van der Waals surface area contributed by atoms with Crippen molar-refractivity contribution in [1.29, 1.82) is 0 Å². The predicted octanol–water partition coefficient (Wildman–Crippen LogP) is 4.57. The van der Waals surface area contributed by atoms with Gasteiger partial charge in [-0.3, -0.25) is 4.79 Å². The zero-order chi connectivity index (χ0) is 18.6. The fourth-order valence-electron chi connectivity index (χ4n) is 3.69. The highest BCUT2D eigenvalue weighted by Gasteiger charge is 2.22. The van der Waals surface area contributed by atoms with Gasteiger partial charge in [0.05, 0.1) is 13.2 Å². The zero-order valence-corrected chi connectivity index (χ0v) is 16.7. The minimum absolute atomic E-state index is 0.0372. The van der Waals surface area contributed by atoms with Crippen LogP contribution in [0.2, 0.25) is 0 Å². The molecule has 0 amide bonds. The van der Waals surface area contributed by atoms with Crippen molar-refractivity contribution in [2.24, 2.45) is 0 Å². The largest absolute Gasteiger partial charge is 0.378 e. The van der Waals surface area contributed by atoms with E-state index in [1.165, 1.54) is 22.4 Å².